The molecule has 0 aromatic heterocycles. The molecule has 0 saturated carbocycles. The van der Waals surface area contributed by atoms with Crippen LogP contribution in [-0.2, 0) is 0 Å². The number of hydrogen-bond donors (Lipinski definition) is 1. The molecule has 0 aliphatic heterocycles. The quantitative estimate of drug-likeness (QED) is 0.639. The average Bonchev–Trinajstić information content (AvgIpc) is 2.07. The van der Waals surface area contributed by atoms with Gasteiger partial charge in [0.25, 0.3) is 0 Å². The third kappa shape index (κ3) is 3.27. The van der Waals surface area contributed by atoms with Gasteiger partial charge in [0.15, 0.2) is 0 Å². The van der Waals surface area contributed by atoms with E-state index in [-0.39, 0.29) is 0 Å². The average molecular weight is 237 g/mol. The Morgan fingerprint density at radius 3 is 2.19 bits per heavy atom. The molecule has 0 aliphatic carbocycles. The first-order valence-electron chi connectivity index (χ1n) is 5.79. The van der Waals surface area contributed by atoms with Gasteiger partial charge < -0.3 is 10.2 Å². The van der Waals surface area contributed by atoms with Gasteiger partial charge in [-0.15, -0.1) is 0 Å². The molecule has 0 heterocycles. The van der Waals surface area contributed by atoms with Crippen molar-refractivity contribution in [1.29, 1.82) is 0 Å². The minimum atomic E-state index is -1.56. The summed E-state index contributed by atoms with van der Waals surface area (Å²) in [4.78, 5) is 0. The van der Waals surface area contributed by atoms with Crippen molar-refractivity contribution in [3.63, 3.8) is 0 Å². The third-order valence-electron chi connectivity index (χ3n) is 2.44. The van der Waals surface area contributed by atoms with Gasteiger partial charge in [0.05, 0.1) is 0 Å². The Morgan fingerprint density at radius 1 is 1.19 bits per heavy atom. The smallest absolute Gasteiger partial charge is 0.242 e. The maximum absolute atomic E-state index is 6.11. The van der Waals surface area contributed by atoms with Gasteiger partial charge in [-0.25, -0.2) is 0 Å². The molecule has 0 amide bonds. The highest BCUT2D eigenvalue weighted by Gasteiger charge is 2.19. The number of nitrogen functional groups attached to an aromatic ring is 1. The van der Waals surface area contributed by atoms with E-state index in [4.69, 9.17) is 10.2 Å². The van der Waals surface area contributed by atoms with E-state index in [0.717, 1.165) is 17.0 Å². The molecular weight excluding hydrogens is 214 g/mol. The first kappa shape index (κ1) is 13.1. The molecule has 0 atom stereocenters. The molecule has 3 heteroatoms. The number of hydrogen-bond acceptors (Lipinski definition) is 2. The molecule has 1 aromatic carbocycles. The predicted molar refractivity (Wildman–Crippen MR) is 73.7 cm³/mol. The highest BCUT2D eigenvalue weighted by atomic mass is 28.4. The summed E-state index contributed by atoms with van der Waals surface area (Å²) in [5.41, 5.74) is 9.11. The maximum atomic E-state index is 6.11. The zero-order chi connectivity index (χ0) is 12.5. The van der Waals surface area contributed by atoms with E-state index < -0.39 is 8.32 Å². The van der Waals surface area contributed by atoms with Crippen LogP contribution in [0.4, 0.5) is 5.69 Å². The second kappa shape index (κ2) is 4.50. The Labute approximate surface area is 99.9 Å². The molecule has 0 radical (unpaired) electrons. The van der Waals surface area contributed by atoms with Crippen molar-refractivity contribution in [3.8, 4) is 5.75 Å². The van der Waals surface area contributed by atoms with Crippen molar-refractivity contribution < 1.29 is 4.43 Å². The van der Waals surface area contributed by atoms with Gasteiger partial charge in [-0.3, -0.25) is 0 Å². The van der Waals surface area contributed by atoms with Crippen LogP contribution in [0.3, 0.4) is 0 Å². The standard InChI is InChI=1S/C13H23NOSi/c1-9(2)11-8-12(14)10(3)7-13(11)15-16(4,5)6/h7-9H,14H2,1-6H3. The Bertz CT molecular complexity index is 380. The Morgan fingerprint density at radius 2 is 1.75 bits per heavy atom. The summed E-state index contributed by atoms with van der Waals surface area (Å²) in [6.07, 6.45) is 0. The fraction of sp³-hybridized carbons (Fsp3) is 0.538. The van der Waals surface area contributed by atoms with E-state index in [9.17, 15) is 0 Å². The van der Waals surface area contributed by atoms with Gasteiger partial charge in [-0.2, -0.15) is 0 Å². The van der Waals surface area contributed by atoms with E-state index in [0.29, 0.717) is 5.92 Å². The molecule has 16 heavy (non-hydrogen) atoms. The zero-order valence-electron chi connectivity index (χ0n) is 11.2. The van der Waals surface area contributed by atoms with Crippen LogP contribution < -0.4 is 10.2 Å². The van der Waals surface area contributed by atoms with Crippen molar-refractivity contribution in [2.45, 2.75) is 46.3 Å². The summed E-state index contributed by atoms with van der Waals surface area (Å²) in [6, 6.07) is 4.12. The SMILES string of the molecule is Cc1cc(O[Si](C)(C)C)c(C(C)C)cc1N. The summed E-state index contributed by atoms with van der Waals surface area (Å²) in [7, 11) is -1.56. The van der Waals surface area contributed by atoms with Crippen LogP contribution in [0.5, 0.6) is 5.75 Å². The molecule has 0 unspecified atom stereocenters. The highest BCUT2D eigenvalue weighted by molar-refractivity contribution is 6.70. The molecular formula is C13H23NOSi. The highest BCUT2D eigenvalue weighted by Crippen LogP contribution is 2.32. The van der Waals surface area contributed by atoms with Gasteiger partial charge in [-0.1, -0.05) is 13.8 Å². The van der Waals surface area contributed by atoms with E-state index >= 15 is 0 Å². The lowest BCUT2D eigenvalue weighted by Gasteiger charge is -2.24. The molecule has 0 bridgehead atoms. The van der Waals surface area contributed by atoms with Gasteiger partial charge in [0, 0.05) is 5.69 Å². The normalized spacial score (nSPS) is 11.9. The maximum Gasteiger partial charge on any atom is 0.242 e. The van der Waals surface area contributed by atoms with E-state index in [2.05, 4.69) is 45.6 Å². The van der Waals surface area contributed by atoms with Crippen molar-refractivity contribution in [3.05, 3.63) is 23.3 Å². The lowest BCUT2D eigenvalue weighted by Crippen LogP contribution is -2.30. The lowest BCUT2D eigenvalue weighted by molar-refractivity contribution is 0.544. The molecule has 0 aliphatic rings. The van der Waals surface area contributed by atoms with E-state index in [1.54, 1.807) is 0 Å². The minimum absolute atomic E-state index is 0.439. The Balaban J connectivity index is 3.20. The van der Waals surface area contributed by atoms with Crippen LogP contribution in [0.2, 0.25) is 19.6 Å². The van der Waals surface area contributed by atoms with Crippen LogP contribution in [0, 0.1) is 6.92 Å². The summed E-state index contributed by atoms with van der Waals surface area (Å²) in [5, 5.41) is 0. The van der Waals surface area contributed by atoms with Gasteiger partial charge in [-0.05, 0) is 55.7 Å². The molecule has 1 aromatic rings. The molecule has 0 spiro atoms. The molecule has 2 N–H and O–H groups in total. The summed E-state index contributed by atoms with van der Waals surface area (Å²) in [6.45, 7) is 13.0. The first-order chi connectivity index (χ1) is 7.20. The van der Waals surface area contributed by atoms with Crippen LogP contribution in [-0.4, -0.2) is 8.32 Å². The monoisotopic (exact) mass is 237 g/mol. The van der Waals surface area contributed by atoms with Crippen LogP contribution >= 0.6 is 0 Å². The van der Waals surface area contributed by atoms with E-state index in [1.807, 2.05) is 6.92 Å². The van der Waals surface area contributed by atoms with Crippen molar-refractivity contribution >= 4 is 14.0 Å². The van der Waals surface area contributed by atoms with Crippen LogP contribution in [0.25, 0.3) is 0 Å². The number of benzene rings is 1. The number of nitrogens with two attached hydrogens (primary N) is 1. The lowest BCUT2D eigenvalue weighted by atomic mass is 9.99. The number of anilines is 1. The minimum Gasteiger partial charge on any atom is -0.544 e. The predicted octanol–water partition coefficient (Wildman–Crippen LogP) is 3.91. The van der Waals surface area contributed by atoms with Crippen molar-refractivity contribution in [2.24, 2.45) is 0 Å². The molecule has 0 fully saturated rings. The molecule has 90 valence electrons. The third-order valence-corrected chi connectivity index (χ3v) is 3.27. The van der Waals surface area contributed by atoms with Gasteiger partial charge >= 0.3 is 0 Å². The van der Waals surface area contributed by atoms with Crippen LogP contribution in [0.1, 0.15) is 30.9 Å². The Kier molecular flexibility index (Phi) is 3.68. The fourth-order valence-corrected chi connectivity index (χ4v) is 2.42. The molecule has 2 nitrogen and oxygen atoms in total. The first-order valence-corrected chi connectivity index (χ1v) is 9.20. The number of rotatable bonds is 3. The second-order valence-corrected chi connectivity index (χ2v) is 10.0. The number of aryl methyl sites for hydroxylation is 1. The zero-order valence-corrected chi connectivity index (χ0v) is 12.2. The summed E-state index contributed by atoms with van der Waals surface area (Å²) in [5.74, 6) is 1.45. The summed E-state index contributed by atoms with van der Waals surface area (Å²) >= 11 is 0. The Hall–Kier alpha value is -0.963. The summed E-state index contributed by atoms with van der Waals surface area (Å²) < 4.78 is 6.11. The van der Waals surface area contributed by atoms with E-state index in [1.165, 1.54) is 5.56 Å². The second-order valence-electron chi connectivity index (χ2n) is 5.62. The fourth-order valence-electron chi connectivity index (χ4n) is 1.59. The van der Waals surface area contributed by atoms with Crippen molar-refractivity contribution in [2.75, 3.05) is 5.73 Å². The largest absolute Gasteiger partial charge is 0.544 e. The van der Waals surface area contributed by atoms with Gasteiger partial charge in [0.1, 0.15) is 5.75 Å². The van der Waals surface area contributed by atoms with Crippen molar-refractivity contribution in [1.82, 2.24) is 0 Å². The van der Waals surface area contributed by atoms with Gasteiger partial charge in [0.2, 0.25) is 8.32 Å². The van der Waals surface area contributed by atoms with Crippen LogP contribution in [0.15, 0.2) is 12.1 Å². The molecule has 1 rings (SSSR count). The molecule has 0 saturated heterocycles. The topological polar surface area (TPSA) is 35.2 Å².